The second-order valence-electron chi connectivity index (χ2n) is 6.09. The Hall–Kier alpha value is -2.74. The van der Waals surface area contributed by atoms with Crippen LogP contribution < -0.4 is 19.1 Å². The molecule has 2 aromatic carbocycles. The monoisotopic (exact) mass is 390 g/mol. The second kappa shape index (κ2) is 7.48. The fraction of sp³-hybridized carbons (Fsp3) is 0.316. The third kappa shape index (κ3) is 3.71. The molecule has 1 N–H and O–H groups in total. The van der Waals surface area contributed by atoms with Gasteiger partial charge >= 0.3 is 0 Å². The molecule has 7 nitrogen and oxygen atoms in total. The number of nitrogens with one attached hydrogen (secondary N) is 1. The quantitative estimate of drug-likeness (QED) is 0.820. The number of ether oxygens (including phenoxy) is 2. The molecule has 0 atom stereocenters. The Bertz CT molecular complexity index is 972. The molecule has 0 aliphatic carbocycles. The summed E-state index contributed by atoms with van der Waals surface area (Å²) in [6.07, 6.45) is 0.589. The number of sulfonamides is 1. The molecule has 1 amide bonds. The highest BCUT2D eigenvalue weighted by molar-refractivity contribution is 7.92. The lowest BCUT2D eigenvalue weighted by Gasteiger charge is -2.18. The number of hydrogen-bond acceptors (Lipinski definition) is 5. The first-order valence-corrected chi connectivity index (χ1v) is 10.2. The summed E-state index contributed by atoms with van der Waals surface area (Å²) in [5.41, 5.74) is 2.55. The fourth-order valence-corrected chi connectivity index (χ4v) is 4.23. The van der Waals surface area contributed by atoms with E-state index in [1.807, 2.05) is 0 Å². The van der Waals surface area contributed by atoms with Gasteiger partial charge in [-0.3, -0.25) is 9.10 Å². The van der Waals surface area contributed by atoms with Gasteiger partial charge in [0.2, 0.25) is 10.0 Å². The molecule has 27 heavy (non-hydrogen) atoms. The van der Waals surface area contributed by atoms with E-state index in [4.69, 9.17) is 9.47 Å². The summed E-state index contributed by atoms with van der Waals surface area (Å²) < 4.78 is 36.2. The van der Waals surface area contributed by atoms with E-state index in [9.17, 15) is 13.2 Å². The Balaban J connectivity index is 1.81. The summed E-state index contributed by atoms with van der Waals surface area (Å²) >= 11 is 0. The molecule has 1 aliphatic rings. The molecule has 0 spiro atoms. The number of benzene rings is 2. The summed E-state index contributed by atoms with van der Waals surface area (Å²) in [5, 5.41) is 2.82. The van der Waals surface area contributed by atoms with Gasteiger partial charge in [0.05, 0.1) is 25.7 Å². The molecule has 0 fully saturated rings. The van der Waals surface area contributed by atoms with E-state index in [0.29, 0.717) is 41.4 Å². The largest absolute Gasteiger partial charge is 0.493 e. The van der Waals surface area contributed by atoms with Crippen LogP contribution in [0.3, 0.4) is 0 Å². The van der Waals surface area contributed by atoms with Gasteiger partial charge in [-0.1, -0.05) is 0 Å². The number of methoxy groups -OCH3 is 2. The van der Waals surface area contributed by atoms with Crippen LogP contribution in [-0.2, 0) is 16.4 Å². The standard InChI is InChI=1S/C19H22N2O5S/c1-4-27(23,24)21-10-9-13-11-14(5-7-16(13)21)19(22)20-15-6-8-17(25-2)18(12-15)26-3/h5-8,11-12H,4,9-10H2,1-3H3,(H,20,22). The van der Waals surface area contributed by atoms with Crippen LogP contribution in [0.1, 0.15) is 22.8 Å². The summed E-state index contributed by atoms with van der Waals surface area (Å²) in [7, 11) is -0.228. The molecule has 2 aromatic rings. The smallest absolute Gasteiger partial charge is 0.255 e. The average molecular weight is 390 g/mol. The fourth-order valence-electron chi connectivity index (χ4n) is 3.07. The van der Waals surface area contributed by atoms with E-state index < -0.39 is 10.0 Å². The molecular formula is C19H22N2O5S. The van der Waals surface area contributed by atoms with E-state index in [1.54, 1.807) is 50.4 Å². The molecule has 1 aliphatic heterocycles. The lowest BCUT2D eigenvalue weighted by Crippen LogP contribution is -2.30. The zero-order valence-corrected chi connectivity index (χ0v) is 16.3. The van der Waals surface area contributed by atoms with Crippen LogP contribution >= 0.6 is 0 Å². The molecule has 144 valence electrons. The number of fused-ring (bicyclic) bond motifs is 1. The normalized spacial score (nSPS) is 13.2. The van der Waals surface area contributed by atoms with E-state index in [0.717, 1.165) is 5.56 Å². The maximum Gasteiger partial charge on any atom is 0.255 e. The number of carbonyl (C=O) groups is 1. The Morgan fingerprint density at radius 2 is 1.85 bits per heavy atom. The maximum absolute atomic E-state index is 12.6. The van der Waals surface area contributed by atoms with Gasteiger partial charge in [0, 0.05) is 23.9 Å². The van der Waals surface area contributed by atoms with Crippen molar-refractivity contribution in [2.24, 2.45) is 0 Å². The van der Waals surface area contributed by atoms with Crippen LogP contribution in [0.15, 0.2) is 36.4 Å². The zero-order valence-electron chi connectivity index (χ0n) is 15.5. The lowest BCUT2D eigenvalue weighted by molar-refractivity contribution is 0.102. The first-order valence-electron chi connectivity index (χ1n) is 8.56. The van der Waals surface area contributed by atoms with Gasteiger partial charge < -0.3 is 14.8 Å². The van der Waals surface area contributed by atoms with Crippen molar-refractivity contribution < 1.29 is 22.7 Å². The Morgan fingerprint density at radius 1 is 1.11 bits per heavy atom. The van der Waals surface area contributed by atoms with Gasteiger partial charge in [-0.2, -0.15) is 0 Å². The zero-order chi connectivity index (χ0) is 19.6. The summed E-state index contributed by atoms with van der Waals surface area (Å²) in [6, 6.07) is 10.2. The molecule has 0 bridgehead atoms. The van der Waals surface area contributed by atoms with E-state index in [2.05, 4.69) is 5.32 Å². The number of amides is 1. The molecule has 0 saturated carbocycles. The minimum absolute atomic E-state index is 0.0496. The minimum Gasteiger partial charge on any atom is -0.493 e. The van der Waals surface area contributed by atoms with Crippen molar-refractivity contribution in [3.05, 3.63) is 47.5 Å². The molecule has 0 saturated heterocycles. The SMILES string of the molecule is CCS(=O)(=O)N1CCc2cc(C(=O)Nc3ccc(OC)c(OC)c3)ccc21. The van der Waals surface area contributed by atoms with E-state index in [-0.39, 0.29) is 11.7 Å². The molecule has 0 radical (unpaired) electrons. The number of hydrogen-bond donors (Lipinski definition) is 1. The predicted molar refractivity (Wildman–Crippen MR) is 104 cm³/mol. The van der Waals surface area contributed by atoms with Crippen molar-refractivity contribution in [3.8, 4) is 11.5 Å². The average Bonchev–Trinajstić information content (AvgIpc) is 3.11. The second-order valence-corrected chi connectivity index (χ2v) is 8.27. The summed E-state index contributed by atoms with van der Waals surface area (Å²) in [6.45, 7) is 2.03. The summed E-state index contributed by atoms with van der Waals surface area (Å²) in [5.74, 6) is 0.866. The van der Waals surface area contributed by atoms with Crippen LogP contribution in [0.4, 0.5) is 11.4 Å². The van der Waals surface area contributed by atoms with Crippen LogP contribution in [0.2, 0.25) is 0 Å². The van der Waals surface area contributed by atoms with Gasteiger partial charge in [-0.05, 0) is 49.2 Å². The number of rotatable bonds is 6. The molecular weight excluding hydrogens is 368 g/mol. The van der Waals surface area contributed by atoms with Crippen LogP contribution in [0.5, 0.6) is 11.5 Å². The van der Waals surface area contributed by atoms with Crippen LogP contribution in [-0.4, -0.2) is 40.8 Å². The van der Waals surface area contributed by atoms with Crippen molar-refractivity contribution in [3.63, 3.8) is 0 Å². The van der Waals surface area contributed by atoms with Crippen molar-refractivity contribution in [2.75, 3.05) is 36.1 Å². The predicted octanol–water partition coefficient (Wildman–Crippen LogP) is 2.67. The number of nitrogens with zero attached hydrogens (tertiary/aromatic N) is 1. The number of anilines is 2. The molecule has 1 heterocycles. The maximum atomic E-state index is 12.6. The highest BCUT2D eigenvalue weighted by Gasteiger charge is 2.28. The van der Waals surface area contributed by atoms with Crippen molar-refractivity contribution >= 4 is 27.3 Å². The Labute approximate surface area is 158 Å². The van der Waals surface area contributed by atoms with Crippen LogP contribution in [0.25, 0.3) is 0 Å². The van der Waals surface area contributed by atoms with Gasteiger partial charge in [-0.25, -0.2) is 8.42 Å². The Morgan fingerprint density at radius 3 is 2.52 bits per heavy atom. The molecule has 8 heteroatoms. The van der Waals surface area contributed by atoms with Crippen LogP contribution in [0, 0.1) is 0 Å². The van der Waals surface area contributed by atoms with Crippen molar-refractivity contribution in [2.45, 2.75) is 13.3 Å². The molecule has 0 unspecified atom stereocenters. The third-order valence-electron chi connectivity index (χ3n) is 4.54. The first kappa shape index (κ1) is 19.0. The first-order chi connectivity index (χ1) is 12.9. The van der Waals surface area contributed by atoms with E-state index >= 15 is 0 Å². The molecule has 3 rings (SSSR count). The van der Waals surface area contributed by atoms with Gasteiger partial charge in [0.1, 0.15) is 0 Å². The Kier molecular flexibility index (Phi) is 5.27. The number of carbonyl (C=O) groups excluding carboxylic acids is 1. The highest BCUT2D eigenvalue weighted by atomic mass is 32.2. The van der Waals surface area contributed by atoms with E-state index in [1.165, 1.54) is 11.4 Å². The molecule has 0 aromatic heterocycles. The van der Waals surface area contributed by atoms with Crippen molar-refractivity contribution in [1.29, 1.82) is 0 Å². The topological polar surface area (TPSA) is 84.9 Å². The highest BCUT2D eigenvalue weighted by Crippen LogP contribution is 2.32. The lowest BCUT2D eigenvalue weighted by atomic mass is 10.1. The third-order valence-corrected chi connectivity index (χ3v) is 6.32. The summed E-state index contributed by atoms with van der Waals surface area (Å²) in [4.78, 5) is 12.6. The van der Waals surface area contributed by atoms with Gasteiger partial charge in [-0.15, -0.1) is 0 Å². The van der Waals surface area contributed by atoms with Crippen molar-refractivity contribution in [1.82, 2.24) is 0 Å². The van der Waals surface area contributed by atoms with Gasteiger partial charge in [0.15, 0.2) is 11.5 Å². The van der Waals surface area contributed by atoms with Gasteiger partial charge in [0.25, 0.3) is 5.91 Å². The minimum atomic E-state index is -3.30.